The van der Waals surface area contributed by atoms with Crippen LogP contribution >= 0.6 is 0 Å². The molecule has 19 heavy (non-hydrogen) atoms. The third kappa shape index (κ3) is 2.03. The van der Waals surface area contributed by atoms with Crippen molar-refractivity contribution in [1.82, 2.24) is 19.9 Å². The van der Waals surface area contributed by atoms with Gasteiger partial charge in [-0.15, -0.1) is 0 Å². The number of imidazole rings is 1. The molecule has 0 aliphatic rings. The smallest absolute Gasteiger partial charge is 0.248 e. The molecule has 2 heterocycles. The Balaban J connectivity index is 2.08. The average molecular weight is 254 g/mol. The van der Waals surface area contributed by atoms with Crippen molar-refractivity contribution in [3.8, 4) is 11.6 Å². The van der Waals surface area contributed by atoms with Crippen molar-refractivity contribution in [1.29, 1.82) is 0 Å². The first-order valence-electron chi connectivity index (χ1n) is 6.05. The highest BCUT2D eigenvalue weighted by Crippen LogP contribution is 2.29. The van der Waals surface area contributed by atoms with Gasteiger partial charge in [0.05, 0.1) is 6.33 Å². The van der Waals surface area contributed by atoms with Gasteiger partial charge in [-0.1, -0.05) is 6.07 Å². The first-order chi connectivity index (χ1) is 9.15. The molecule has 3 rings (SSSR count). The molecule has 0 aliphatic heterocycles. The Hall–Kier alpha value is -2.43. The van der Waals surface area contributed by atoms with Gasteiger partial charge < -0.3 is 9.72 Å². The fourth-order valence-electron chi connectivity index (χ4n) is 2.03. The van der Waals surface area contributed by atoms with E-state index in [0.29, 0.717) is 17.0 Å². The largest absolute Gasteiger partial charge is 0.437 e. The molecule has 0 saturated carbocycles. The third-order valence-electron chi connectivity index (χ3n) is 3.16. The monoisotopic (exact) mass is 254 g/mol. The van der Waals surface area contributed by atoms with Crippen molar-refractivity contribution in [2.24, 2.45) is 0 Å². The zero-order chi connectivity index (χ0) is 13.4. The summed E-state index contributed by atoms with van der Waals surface area (Å²) in [7, 11) is 0. The molecule has 0 saturated heterocycles. The number of rotatable bonds is 2. The van der Waals surface area contributed by atoms with E-state index in [1.54, 1.807) is 6.33 Å². The van der Waals surface area contributed by atoms with Crippen molar-refractivity contribution in [2.75, 3.05) is 0 Å². The highest BCUT2D eigenvalue weighted by molar-refractivity contribution is 5.75. The summed E-state index contributed by atoms with van der Waals surface area (Å²) in [6.07, 6.45) is 3.04. The van der Waals surface area contributed by atoms with E-state index in [0.717, 1.165) is 16.9 Å². The Morgan fingerprint density at radius 2 is 1.89 bits per heavy atom. The quantitative estimate of drug-likeness (QED) is 0.763. The lowest BCUT2D eigenvalue weighted by Crippen LogP contribution is -1.95. The lowest BCUT2D eigenvalue weighted by molar-refractivity contribution is 0.462. The Labute approximate surface area is 110 Å². The Bertz CT molecular complexity index is 748. The Kier molecular flexibility index (Phi) is 2.67. The molecule has 0 spiro atoms. The molecule has 0 bridgehead atoms. The van der Waals surface area contributed by atoms with Crippen LogP contribution in [-0.2, 0) is 0 Å². The van der Waals surface area contributed by atoms with Crippen molar-refractivity contribution in [2.45, 2.75) is 20.8 Å². The third-order valence-corrected chi connectivity index (χ3v) is 3.16. The number of ether oxygens (including phenoxy) is 1. The number of aryl methyl sites for hydroxylation is 2. The van der Waals surface area contributed by atoms with Gasteiger partial charge in [-0.25, -0.2) is 9.97 Å². The van der Waals surface area contributed by atoms with E-state index in [2.05, 4.69) is 32.9 Å². The van der Waals surface area contributed by atoms with E-state index in [9.17, 15) is 0 Å². The second kappa shape index (κ2) is 4.35. The van der Waals surface area contributed by atoms with E-state index in [1.807, 2.05) is 19.9 Å². The van der Waals surface area contributed by atoms with Gasteiger partial charge >= 0.3 is 0 Å². The molecule has 5 heteroatoms. The van der Waals surface area contributed by atoms with Gasteiger partial charge in [0.2, 0.25) is 5.88 Å². The summed E-state index contributed by atoms with van der Waals surface area (Å²) in [5, 5.41) is 0. The molecule has 96 valence electrons. The van der Waals surface area contributed by atoms with Crippen LogP contribution in [0.5, 0.6) is 11.6 Å². The number of nitrogens with one attached hydrogen (secondary N) is 1. The van der Waals surface area contributed by atoms with Gasteiger partial charge in [-0.05, 0) is 43.5 Å². The number of nitrogens with zero attached hydrogens (tertiary/aromatic N) is 3. The fraction of sp³-hybridized carbons (Fsp3) is 0.214. The normalized spacial score (nSPS) is 10.9. The van der Waals surface area contributed by atoms with E-state index >= 15 is 0 Å². The number of hydrogen-bond donors (Lipinski definition) is 1. The maximum Gasteiger partial charge on any atom is 0.248 e. The SMILES string of the molecule is Cc1cc(C)c(C)c(Oc2ncnc3nc[nH]c23)c1. The predicted molar refractivity (Wildman–Crippen MR) is 72.4 cm³/mol. The molecule has 3 aromatic rings. The zero-order valence-corrected chi connectivity index (χ0v) is 11.1. The van der Waals surface area contributed by atoms with Crippen LogP contribution in [0.2, 0.25) is 0 Å². The van der Waals surface area contributed by atoms with Crippen LogP contribution in [0.1, 0.15) is 16.7 Å². The number of hydrogen-bond acceptors (Lipinski definition) is 4. The average Bonchev–Trinajstić information content (AvgIpc) is 2.84. The van der Waals surface area contributed by atoms with Gasteiger partial charge in [-0.2, -0.15) is 4.98 Å². The molecule has 5 nitrogen and oxygen atoms in total. The number of benzene rings is 1. The van der Waals surface area contributed by atoms with E-state index < -0.39 is 0 Å². The van der Waals surface area contributed by atoms with Gasteiger partial charge in [0.1, 0.15) is 17.6 Å². The number of fused-ring (bicyclic) bond motifs is 1. The molecule has 1 aromatic carbocycles. The van der Waals surface area contributed by atoms with Gasteiger partial charge in [0.15, 0.2) is 5.65 Å². The number of aromatic amines is 1. The lowest BCUT2D eigenvalue weighted by Gasteiger charge is -2.11. The number of H-pyrrole nitrogens is 1. The standard InChI is InChI=1S/C14H14N4O/c1-8-4-9(2)10(3)11(5-8)19-14-12-13(16-6-15-12)17-7-18-14/h4-7H,1-3H3,(H,15,16,17,18). The minimum absolute atomic E-state index is 0.496. The number of aromatic nitrogens is 4. The molecular formula is C14H14N4O. The predicted octanol–water partition coefficient (Wildman–Crippen LogP) is 3.07. The molecule has 0 aliphatic carbocycles. The van der Waals surface area contributed by atoms with Gasteiger partial charge in [-0.3, -0.25) is 0 Å². The maximum absolute atomic E-state index is 5.92. The van der Waals surface area contributed by atoms with E-state index in [4.69, 9.17) is 4.74 Å². The van der Waals surface area contributed by atoms with Crippen molar-refractivity contribution >= 4 is 11.2 Å². The molecular weight excluding hydrogens is 240 g/mol. The van der Waals surface area contributed by atoms with Crippen LogP contribution in [0.25, 0.3) is 11.2 Å². The second-order valence-corrected chi connectivity index (χ2v) is 4.59. The summed E-state index contributed by atoms with van der Waals surface area (Å²) in [5.41, 5.74) is 4.78. The molecule has 2 aromatic heterocycles. The summed E-state index contributed by atoms with van der Waals surface area (Å²) < 4.78 is 5.92. The summed E-state index contributed by atoms with van der Waals surface area (Å²) in [5.74, 6) is 1.31. The molecule has 0 radical (unpaired) electrons. The topological polar surface area (TPSA) is 63.7 Å². The Morgan fingerprint density at radius 3 is 2.74 bits per heavy atom. The minimum Gasteiger partial charge on any atom is -0.437 e. The highest BCUT2D eigenvalue weighted by atomic mass is 16.5. The summed E-state index contributed by atoms with van der Waals surface area (Å²) >= 11 is 0. The summed E-state index contributed by atoms with van der Waals surface area (Å²) in [6.45, 7) is 6.15. The molecule has 1 N–H and O–H groups in total. The fourth-order valence-corrected chi connectivity index (χ4v) is 2.03. The first kappa shape index (κ1) is 11.6. The van der Waals surface area contributed by atoms with Gasteiger partial charge in [0.25, 0.3) is 0 Å². The minimum atomic E-state index is 0.496. The van der Waals surface area contributed by atoms with Crippen molar-refractivity contribution < 1.29 is 4.74 Å². The second-order valence-electron chi connectivity index (χ2n) is 4.59. The van der Waals surface area contributed by atoms with Crippen LogP contribution in [-0.4, -0.2) is 19.9 Å². The maximum atomic E-state index is 5.92. The van der Waals surface area contributed by atoms with E-state index in [-0.39, 0.29) is 0 Å². The van der Waals surface area contributed by atoms with E-state index in [1.165, 1.54) is 11.9 Å². The summed E-state index contributed by atoms with van der Waals surface area (Å²) in [6, 6.07) is 4.14. The zero-order valence-electron chi connectivity index (χ0n) is 11.1. The molecule has 0 amide bonds. The van der Waals surface area contributed by atoms with Gasteiger partial charge in [0, 0.05) is 0 Å². The van der Waals surface area contributed by atoms with Crippen LogP contribution in [0.15, 0.2) is 24.8 Å². The van der Waals surface area contributed by atoms with Crippen LogP contribution in [0, 0.1) is 20.8 Å². The Morgan fingerprint density at radius 1 is 1.05 bits per heavy atom. The van der Waals surface area contributed by atoms with Crippen LogP contribution in [0.4, 0.5) is 0 Å². The molecule has 0 atom stereocenters. The van der Waals surface area contributed by atoms with Crippen LogP contribution in [0.3, 0.4) is 0 Å². The summed E-state index contributed by atoms with van der Waals surface area (Å²) in [4.78, 5) is 15.3. The highest BCUT2D eigenvalue weighted by Gasteiger charge is 2.11. The molecule has 0 unspecified atom stereocenters. The lowest BCUT2D eigenvalue weighted by atomic mass is 10.1. The van der Waals surface area contributed by atoms with Crippen molar-refractivity contribution in [3.05, 3.63) is 41.5 Å². The first-order valence-corrected chi connectivity index (χ1v) is 6.05. The van der Waals surface area contributed by atoms with Crippen LogP contribution < -0.4 is 4.74 Å². The van der Waals surface area contributed by atoms with Crippen molar-refractivity contribution in [3.63, 3.8) is 0 Å². The molecule has 0 fully saturated rings.